The number of hydrogen-bond acceptors (Lipinski definition) is 3. The van der Waals surface area contributed by atoms with E-state index in [0.717, 1.165) is 0 Å². The lowest BCUT2D eigenvalue weighted by molar-refractivity contribution is 0.373. The molecule has 8 nitrogen and oxygen atoms in total. The van der Waals surface area contributed by atoms with E-state index in [4.69, 9.17) is 31.9 Å². The molecule has 0 atom stereocenters. The second kappa shape index (κ2) is 3.98. The Kier molecular flexibility index (Phi) is 5.04. The van der Waals surface area contributed by atoms with Crippen LogP contribution >= 0.6 is 7.75 Å². The van der Waals surface area contributed by atoms with Crippen LogP contribution in [0.1, 0.15) is 0 Å². The summed E-state index contributed by atoms with van der Waals surface area (Å²) in [4.78, 5) is 14.8. The van der Waals surface area contributed by atoms with Gasteiger partial charge in [-0.15, -0.1) is 0 Å². The van der Waals surface area contributed by atoms with Crippen molar-refractivity contribution >= 4 is 18.1 Å². The Balaban J connectivity index is 0. The average molecular weight is 195 g/mol. The van der Waals surface area contributed by atoms with Gasteiger partial charge >= 0.3 is 18.1 Å². The Hall–Kier alpha value is -0.0200. The fourth-order valence-electron chi connectivity index (χ4n) is 0. The van der Waals surface area contributed by atoms with Crippen LogP contribution in [0.15, 0.2) is 0 Å². The predicted octanol–water partition coefficient (Wildman–Crippen LogP) is -1.61. The van der Waals surface area contributed by atoms with Crippen molar-refractivity contribution in [1.29, 1.82) is 0 Å². The van der Waals surface area contributed by atoms with Crippen molar-refractivity contribution in [1.82, 2.24) is 0 Å². The largest absolute Gasteiger partial charge is 0.397 e. The lowest BCUT2D eigenvalue weighted by Gasteiger charge is -1.84. The topological polar surface area (TPSA) is 158 Å². The van der Waals surface area contributed by atoms with Crippen molar-refractivity contribution in [2.45, 2.75) is 0 Å². The molecule has 0 unspecified atom stereocenters. The summed E-state index contributed by atoms with van der Waals surface area (Å²) in [5.41, 5.74) is 4.02. The van der Waals surface area contributed by atoms with Crippen LogP contribution in [-0.2, 0) is 15.0 Å². The van der Waals surface area contributed by atoms with Crippen LogP contribution in [0.2, 0.25) is 0 Å². The maximum Gasteiger partial charge on any atom is 0.397 e. The highest BCUT2D eigenvalue weighted by Gasteiger charge is 1.96. The monoisotopic (exact) mass is 195 g/mol. The molecule has 10 heteroatoms. The van der Waals surface area contributed by atoms with Crippen LogP contribution in [0.5, 0.6) is 0 Å². The molecule has 0 fully saturated rings. The Labute approximate surface area is 56.5 Å². The minimum Gasteiger partial charge on any atom is -0.313 e. The van der Waals surface area contributed by atoms with Gasteiger partial charge in [0.2, 0.25) is 0 Å². The fourth-order valence-corrected chi connectivity index (χ4v) is 0. The van der Waals surface area contributed by atoms with E-state index >= 15 is 0 Å². The van der Waals surface area contributed by atoms with E-state index in [0.29, 0.717) is 0 Å². The molecular weight excluding hydrogens is 189 g/mol. The molecule has 0 heterocycles. The number of nitrogens with two attached hydrogens (primary N) is 1. The van der Waals surface area contributed by atoms with Gasteiger partial charge in [-0.2, -0.15) is 8.42 Å². The SMILES string of the molecule is NP(=O)(O)O.O=S(=O)(O)O. The zero-order valence-electron chi connectivity index (χ0n) is 4.45. The minimum absolute atomic E-state index is 4.02. The molecule has 0 rings (SSSR count). The van der Waals surface area contributed by atoms with Crippen molar-refractivity contribution in [2.75, 3.05) is 0 Å². The molecule has 0 saturated heterocycles. The maximum absolute atomic E-state index is 9.10. The van der Waals surface area contributed by atoms with E-state index in [1.165, 1.54) is 0 Å². The molecule has 0 amide bonds. The maximum atomic E-state index is 9.10. The fraction of sp³-hybridized carbons (Fsp3) is 0. The Morgan fingerprint density at radius 2 is 1.20 bits per heavy atom. The molecule has 0 aliphatic heterocycles. The van der Waals surface area contributed by atoms with E-state index in [1.54, 1.807) is 0 Å². The molecule has 6 N–H and O–H groups in total. The van der Waals surface area contributed by atoms with Gasteiger partial charge in [0.25, 0.3) is 0 Å². The standard InChI is InChI=1S/H4NO3P.H2O4S/c2*1-5(2,3)4/h(H4,1,2,3,4);(H2,1,2,3,4). The first-order chi connectivity index (χ1) is 4.00. The van der Waals surface area contributed by atoms with E-state index in [-0.39, 0.29) is 0 Å². The minimum atomic E-state index is -4.67. The van der Waals surface area contributed by atoms with E-state index in [2.05, 4.69) is 5.50 Å². The lowest BCUT2D eigenvalue weighted by Crippen LogP contribution is -1.89. The van der Waals surface area contributed by atoms with Gasteiger partial charge in [0, 0.05) is 0 Å². The zero-order valence-corrected chi connectivity index (χ0v) is 6.16. The third-order valence-corrected chi connectivity index (χ3v) is 0. The molecule has 0 aliphatic rings. The average Bonchev–Trinajstić information content (AvgIpc) is 1.12. The van der Waals surface area contributed by atoms with E-state index in [1.807, 2.05) is 0 Å². The highest BCUT2D eigenvalue weighted by atomic mass is 32.3. The van der Waals surface area contributed by atoms with Crippen LogP contribution in [0.25, 0.3) is 0 Å². The molecule has 0 aromatic carbocycles. The van der Waals surface area contributed by atoms with Gasteiger partial charge in [-0.3, -0.25) is 9.11 Å². The van der Waals surface area contributed by atoms with Crippen LogP contribution in [0.3, 0.4) is 0 Å². The number of hydrogen-bond donors (Lipinski definition) is 5. The smallest absolute Gasteiger partial charge is 0.313 e. The lowest BCUT2D eigenvalue weighted by atomic mass is 13.9. The van der Waals surface area contributed by atoms with Crippen molar-refractivity contribution < 1.29 is 31.9 Å². The third-order valence-electron chi connectivity index (χ3n) is 0. The van der Waals surface area contributed by atoms with Gasteiger partial charge in [0.05, 0.1) is 0 Å². The summed E-state index contributed by atoms with van der Waals surface area (Å²) in [5, 5.41) is 0. The molecule has 0 bridgehead atoms. The van der Waals surface area contributed by atoms with Gasteiger partial charge in [-0.25, -0.2) is 10.1 Å². The summed E-state index contributed by atoms with van der Waals surface area (Å²) in [6, 6.07) is 0. The van der Waals surface area contributed by atoms with Crippen LogP contribution < -0.4 is 5.50 Å². The molecule has 0 aromatic rings. The Bertz CT molecular complexity index is 191. The van der Waals surface area contributed by atoms with Crippen molar-refractivity contribution in [2.24, 2.45) is 5.50 Å². The van der Waals surface area contributed by atoms with Gasteiger partial charge in [0.1, 0.15) is 0 Å². The van der Waals surface area contributed by atoms with Crippen LogP contribution in [-0.4, -0.2) is 27.3 Å². The van der Waals surface area contributed by atoms with Crippen LogP contribution in [0, 0.1) is 0 Å². The van der Waals surface area contributed by atoms with Crippen molar-refractivity contribution in [3.8, 4) is 0 Å². The number of rotatable bonds is 0. The van der Waals surface area contributed by atoms with Gasteiger partial charge < -0.3 is 9.79 Å². The van der Waals surface area contributed by atoms with Gasteiger partial charge in [-0.1, -0.05) is 0 Å². The predicted molar refractivity (Wildman–Crippen MR) is 30.4 cm³/mol. The van der Waals surface area contributed by atoms with E-state index < -0.39 is 18.1 Å². The second-order valence-electron chi connectivity index (χ2n) is 1.04. The molecule has 0 saturated carbocycles. The molecular formula is H6NO7PS. The summed E-state index contributed by atoms with van der Waals surface area (Å²) in [6.07, 6.45) is 0. The Morgan fingerprint density at radius 1 is 1.20 bits per heavy atom. The first-order valence-electron chi connectivity index (χ1n) is 1.54. The molecule has 10 heavy (non-hydrogen) atoms. The highest BCUT2D eigenvalue weighted by molar-refractivity contribution is 7.79. The normalized spacial score (nSPS) is 11.7. The summed E-state index contributed by atoms with van der Waals surface area (Å²) >= 11 is 0. The quantitative estimate of drug-likeness (QED) is 0.228. The third kappa shape index (κ3) is 972000. The first-order valence-corrected chi connectivity index (χ1v) is 4.62. The van der Waals surface area contributed by atoms with Crippen molar-refractivity contribution in [3.05, 3.63) is 0 Å². The second-order valence-corrected chi connectivity index (χ2v) is 3.11. The first kappa shape index (κ1) is 12.6. The molecule has 0 radical (unpaired) electrons. The molecule has 0 spiro atoms. The molecule has 64 valence electrons. The van der Waals surface area contributed by atoms with Crippen LogP contribution in [0.4, 0.5) is 0 Å². The zero-order chi connectivity index (χ0) is 9.00. The molecule has 0 aliphatic carbocycles. The summed E-state index contributed by atoms with van der Waals surface area (Å²) in [5.74, 6) is 0. The Morgan fingerprint density at radius 3 is 1.20 bits per heavy atom. The van der Waals surface area contributed by atoms with E-state index in [9.17, 15) is 0 Å². The summed E-state index contributed by atoms with van der Waals surface area (Å²) in [6.45, 7) is 0. The highest BCUT2D eigenvalue weighted by Crippen LogP contribution is 2.20. The van der Waals surface area contributed by atoms with Crippen molar-refractivity contribution in [3.63, 3.8) is 0 Å². The molecule has 0 aromatic heterocycles. The van der Waals surface area contributed by atoms with Gasteiger partial charge in [-0.05, 0) is 0 Å². The summed E-state index contributed by atoms with van der Waals surface area (Å²) in [7, 11) is -8.81. The van der Waals surface area contributed by atoms with Gasteiger partial charge in [0.15, 0.2) is 0 Å². The summed E-state index contributed by atoms with van der Waals surface area (Å²) < 4.78 is 40.7.